The average molecular weight is 255 g/mol. The summed E-state index contributed by atoms with van der Waals surface area (Å²) in [6.45, 7) is 3.82. The Kier molecular flexibility index (Phi) is 2.48. The van der Waals surface area contributed by atoms with Crippen LogP contribution in [0.15, 0.2) is 40.1 Å². The molecule has 0 unspecified atom stereocenters. The molecule has 0 spiro atoms. The van der Waals surface area contributed by atoms with Crippen molar-refractivity contribution in [3.8, 4) is 0 Å². The minimum absolute atomic E-state index is 0.0438. The Hall–Kier alpha value is -2.43. The van der Waals surface area contributed by atoms with Crippen LogP contribution < -0.4 is 11.2 Å². The van der Waals surface area contributed by atoms with Gasteiger partial charge in [-0.3, -0.25) is 19.3 Å². The fourth-order valence-corrected chi connectivity index (χ4v) is 2.37. The van der Waals surface area contributed by atoms with E-state index in [0.29, 0.717) is 10.9 Å². The lowest BCUT2D eigenvalue weighted by atomic mass is 10.1. The quantitative estimate of drug-likeness (QED) is 0.674. The van der Waals surface area contributed by atoms with Crippen LogP contribution in [0, 0.1) is 0 Å². The fraction of sp³-hybridized carbons (Fsp3) is 0.214. The van der Waals surface area contributed by atoms with Crippen LogP contribution in [-0.4, -0.2) is 14.5 Å². The van der Waals surface area contributed by atoms with Crippen molar-refractivity contribution in [3.05, 3.63) is 51.3 Å². The molecule has 3 aromatic rings. The number of para-hydroxylation sites is 1. The highest BCUT2D eigenvalue weighted by Gasteiger charge is 2.13. The highest BCUT2D eigenvalue weighted by molar-refractivity contribution is 6.02. The van der Waals surface area contributed by atoms with Gasteiger partial charge in [-0.2, -0.15) is 0 Å². The van der Waals surface area contributed by atoms with E-state index in [0.717, 1.165) is 10.9 Å². The normalized spacial score (nSPS) is 11.5. The van der Waals surface area contributed by atoms with Gasteiger partial charge in [-0.1, -0.05) is 18.2 Å². The van der Waals surface area contributed by atoms with Gasteiger partial charge in [0.25, 0.3) is 5.56 Å². The second-order valence-electron chi connectivity index (χ2n) is 4.76. The van der Waals surface area contributed by atoms with E-state index in [2.05, 4.69) is 9.97 Å². The Balaban J connectivity index is 2.70. The highest BCUT2D eigenvalue weighted by Crippen LogP contribution is 2.21. The molecular weight excluding hydrogens is 242 g/mol. The van der Waals surface area contributed by atoms with Gasteiger partial charge in [0.15, 0.2) is 0 Å². The van der Waals surface area contributed by atoms with Crippen molar-refractivity contribution >= 4 is 21.8 Å². The van der Waals surface area contributed by atoms with Crippen LogP contribution in [0.5, 0.6) is 0 Å². The van der Waals surface area contributed by atoms with Crippen molar-refractivity contribution < 1.29 is 0 Å². The Morgan fingerprint density at radius 3 is 2.63 bits per heavy atom. The van der Waals surface area contributed by atoms with E-state index in [1.807, 2.05) is 38.1 Å². The van der Waals surface area contributed by atoms with Gasteiger partial charge in [-0.05, 0) is 19.9 Å². The van der Waals surface area contributed by atoms with Gasteiger partial charge in [0.1, 0.15) is 0 Å². The Bertz CT molecular complexity index is 890. The van der Waals surface area contributed by atoms with Gasteiger partial charge in [-0.25, -0.2) is 4.79 Å². The van der Waals surface area contributed by atoms with Crippen LogP contribution >= 0.6 is 0 Å². The molecule has 0 aliphatic carbocycles. The second-order valence-corrected chi connectivity index (χ2v) is 4.76. The molecule has 2 aromatic heterocycles. The third-order valence-electron chi connectivity index (χ3n) is 3.19. The maximum absolute atomic E-state index is 12.0. The largest absolute Gasteiger partial charge is 0.329 e. The van der Waals surface area contributed by atoms with E-state index in [9.17, 15) is 9.59 Å². The van der Waals surface area contributed by atoms with Gasteiger partial charge >= 0.3 is 5.69 Å². The minimum atomic E-state index is -0.393. The van der Waals surface area contributed by atoms with Crippen LogP contribution in [0.1, 0.15) is 19.9 Å². The molecule has 3 rings (SSSR count). The number of aromatic nitrogens is 3. The summed E-state index contributed by atoms with van der Waals surface area (Å²) >= 11 is 0. The molecule has 5 nitrogen and oxygen atoms in total. The van der Waals surface area contributed by atoms with E-state index < -0.39 is 5.56 Å². The molecule has 0 saturated carbocycles. The Labute approximate surface area is 108 Å². The number of nitrogens with zero attached hydrogens (tertiary/aromatic N) is 2. The molecule has 0 aliphatic rings. The number of hydrogen-bond donors (Lipinski definition) is 1. The lowest BCUT2D eigenvalue weighted by Crippen LogP contribution is -2.31. The number of rotatable bonds is 1. The number of fused-ring (bicyclic) bond motifs is 3. The first-order chi connectivity index (χ1) is 9.09. The third-order valence-corrected chi connectivity index (χ3v) is 3.19. The molecule has 0 fully saturated rings. The minimum Gasteiger partial charge on any atom is -0.290 e. The summed E-state index contributed by atoms with van der Waals surface area (Å²) in [6.07, 6.45) is 1.52. The summed E-state index contributed by atoms with van der Waals surface area (Å²) in [5, 5.41) is 1.25. The van der Waals surface area contributed by atoms with E-state index >= 15 is 0 Å². The smallest absolute Gasteiger partial charge is 0.290 e. The summed E-state index contributed by atoms with van der Waals surface area (Å²) in [7, 11) is 0. The maximum Gasteiger partial charge on any atom is 0.329 e. The number of nitrogens with one attached hydrogen (secondary N) is 1. The topological polar surface area (TPSA) is 67.8 Å². The molecule has 0 amide bonds. The predicted molar refractivity (Wildman–Crippen MR) is 74.5 cm³/mol. The molecule has 0 saturated heterocycles. The predicted octanol–water partition coefficient (Wildman–Crippen LogP) is 1.82. The molecule has 96 valence electrons. The van der Waals surface area contributed by atoms with Crippen LogP contribution in [0.2, 0.25) is 0 Å². The van der Waals surface area contributed by atoms with E-state index in [4.69, 9.17) is 0 Å². The van der Waals surface area contributed by atoms with Crippen molar-refractivity contribution in [2.75, 3.05) is 0 Å². The van der Waals surface area contributed by atoms with Crippen molar-refractivity contribution in [1.29, 1.82) is 0 Å². The zero-order valence-electron chi connectivity index (χ0n) is 10.7. The SMILES string of the molecule is CC(C)n1c(=O)[nH]c(=O)c2cnc3ccccc3c21. The zero-order valence-corrected chi connectivity index (χ0v) is 10.7. The first kappa shape index (κ1) is 11.6. The van der Waals surface area contributed by atoms with E-state index in [-0.39, 0.29) is 11.7 Å². The summed E-state index contributed by atoms with van der Waals surface area (Å²) in [6, 6.07) is 7.46. The lowest BCUT2D eigenvalue weighted by Gasteiger charge is -2.14. The van der Waals surface area contributed by atoms with E-state index in [1.54, 1.807) is 4.57 Å². The summed E-state index contributed by atoms with van der Waals surface area (Å²) < 4.78 is 1.60. The summed E-state index contributed by atoms with van der Waals surface area (Å²) in [4.78, 5) is 30.5. The Morgan fingerprint density at radius 1 is 1.16 bits per heavy atom. The van der Waals surface area contributed by atoms with Crippen molar-refractivity contribution in [2.24, 2.45) is 0 Å². The molecular formula is C14H13N3O2. The van der Waals surface area contributed by atoms with Gasteiger partial charge in [0, 0.05) is 17.6 Å². The number of hydrogen-bond acceptors (Lipinski definition) is 3. The summed E-state index contributed by atoms with van der Waals surface area (Å²) in [5.74, 6) is 0. The van der Waals surface area contributed by atoms with Gasteiger partial charge < -0.3 is 0 Å². The first-order valence-electron chi connectivity index (χ1n) is 6.12. The van der Waals surface area contributed by atoms with Gasteiger partial charge in [-0.15, -0.1) is 0 Å². The van der Waals surface area contributed by atoms with Crippen LogP contribution in [0.3, 0.4) is 0 Å². The Morgan fingerprint density at radius 2 is 1.89 bits per heavy atom. The van der Waals surface area contributed by atoms with Crippen molar-refractivity contribution in [2.45, 2.75) is 19.9 Å². The number of H-pyrrole nitrogens is 1. The standard InChI is InChI=1S/C14H13N3O2/c1-8(2)17-12-9-5-3-4-6-11(9)15-7-10(12)13(18)16-14(17)19/h3-8H,1-2H3,(H,16,18,19). The molecule has 2 heterocycles. The third kappa shape index (κ3) is 1.66. The molecule has 0 atom stereocenters. The molecule has 0 aliphatic heterocycles. The number of pyridine rings is 1. The monoisotopic (exact) mass is 255 g/mol. The molecule has 5 heteroatoms. The van der Waals surface area contributed by atoms with Crippen LogP contribution in [0.4, 0.5) is 0 Å². The van der Waals surface area contributed by atoms with Crippen LogP contribution in [0.25, 0.3) is 21.8 Å². The molecule has 1 N–H and O–H groups in total. The van der Waals surface area contributed by atoms with Crippen LogP contribution in [-0.2, 0) is 0 Å². The number of aromatic amines is 1. The van der Waals surface area contributed by atoms with Crippen molar-refractivity contribution in [3.63, 3.8) is 0 Å². The zero-order chi connectivity index (χ0) is 13.6. The fourth-order valence-electron chi connectivity index (χ4n) is 2.37. The molecule has 19 heavy (non-hydrogen) atoms. The molecule has 0 radical (unpaired) electrons. The molecule has 0 bridgehead atoms. The van der Waals surface area contributed by atoms with Gasteiger partial charge in [0.05, 0.1) is 16.4 Å². The van der Waals surface area contributed by atoms with Crippen molar-refractivity contribution in [1.82, 2.24) is 14.5 Å². The summed E-state index contributed by atoms with van der Waals surface area (Å²) in [5.41, 5.74) is 0.641. The maximum atomic E-state index is 12.0. The second kappa shape index (κ2) is 4.05. The van der Waals surface area contributed by atoms with E-state index in [1.165, 1.54) is 6.20 Å². The first-order valence-corrected chi connectivity index (χ1v) is 6.12. The lowest BCUT2D eigenvalue weighted by molar-refractivity contribution is 0.586. The highest BCUT2D eigenvalue weighted by atomic mass is 16.2. The molecule has 1 aromatic carbocycles. The average Bonchev–Trinajstić information content (AvgIpc) is 2.38. The number of benzene rings is 1. The van der Waals surface area contributed by atoms with Gasteiger partial charge in [0.2, 0.25) is 0 Å².